The van der Waals surface area contributed by atoms with Gasteiger partial charge in [0.2, 0.25) is 5.91 Å². The first-order valence-electron chi connectivity index (χ1n) is 6.97. The standard InChI is InChI=1S/C15H10Cl4N4OS/c16-9-2-1-8(11(18)3-9)5-20-13(24)7-25-15-22-21-14-12(19)4-10(17)6-23(14)15/h1-4,6H,5,7H2,(H,20,24). The maximum atomic E-state index is 12.0. The predicted octanol–water partition coefficient (Wildman–Crippen LogP) is 4.75. The topological polar surface area (TPSA) is 59.3 Å². The second kappa shape index (κ2) is 8.01. The summed E-state index contributed by atoms with van der Waals surface area (Å²) in [6.45, 7) is 0.313. The Labute approximate surface area is 167 Å². The van der Waals surface area contributed by atoms with Crippen LogP contribution < -0.4 is 5.32 Å². The minimum atomic E-state index is -0.166. The molecular weight excluding hydrogens is 426 g/mol. The molecule has 25 heavy (non-hydrogen) atoms. The summed E-state index contributed by atoms with van der Waals surface area (Å²) in [4.78, 5) is 12.0. The zero-order valence-corrected chi connectivity index (χ0v) is 16.3. The van der Waals surface area contributed by atoms with Crippen LogP contribution in [0.15, 0.2) is 35.6 Å². The quantitative estimate of drug-likeness (QED) is 0.587. The molecule has 0 aliphatic rings. The summed E-state index contributed by atoms with van der Waals surface area (Å²) < 4.78 is 1.65. The van der Waals surface area contributed by atoms with Gasteiger partial charge in [0.05, 0.1) is 15.8 Å². The lowest BCUT2D eigenvalue weighted by Crippen LogP contribution is -2.24. The van der Waals surface area contributed by atoms with Gasteiger partial charge in [-0.1, -0.05) is 64.2 Å². The predicted molar refractivity (Wildman–Crippen MR) is 102 cm³/mol. The van der Waals surface area contributed by atoms with E-state index in [2.05, 4.69) is 15.5 Å². The van der Waals surface area contributed by atoms with Gasteiger partial charge >= 0.3 is 0 Å². The highest BCUT2D eigenvalue weighted by Crippen LogP contribution is 2.25. The summed E-state index contributed by atoms with van der Waals surface area (Å²) in [5.74, 6) is -0.00301. The molecule has 5 nitrogen and oxygen atoms in total. The van der Waals surface area contributed by atoms with E-state index in [0.29, 0.717) is 37.4 Å². The van der Waals surface area contributed by atoms with Crippen molar-refractivity contribution in [2.75, 3.05) is 5.75 Å². The van der Waals surface area contributed by atoms with E-state index in [0.717, 1.165) is 5.56 Å². The molecule has 1 aromatic carbocycles. The van der Waals surface area contributed by atoms with Crippen molar-refractivity contribution in [1.29, 1.82) is 0 Å². The van der Waals surface area contributed by atoms with E-state index >= 15 is 0 Å². The Morgan fingerprint density at radius 3 is 2.60 bits per heavy atom. The summed E-state index contributed by atoms with van der Waals surface area (Å²) in [7, 11) is 0. The van der Waals surface area contributed by atoms with Crippen LogP contribution in [0.1, 0.15) is 5.56 Å². The van der Waals surface area contributed by atoms with Crippen LogP contribution in [-0.4, -0.2) is 26.3 Å². The van der Waals surface area contributed by atoms with Crippen LogP contribution >= 0.6 is 58.2 Å². The third-order valence-electron chi connectivity index (χ3n) is 3.22. The van der Waals surface area contributed by atoms with Crippen LogP contribution in [0.5, 0.6) is 0 Å². The van der Waals surface area contributed by atoms with Crippen molar-refractivity contribution in [3.63, 3.8) is 0 Å². The summed E-state index contributed by atoms with van der Waals surface area (Å²) in [5.41, 5.74) is 1.28. The number of hydrogen-bond acceptors (Lipinski definition) is 4. The number of nitrogens with one attached hydrogen (secondary N) is 1. The fourth-order valence-electron chi connectivity index (χ4n) is 2.04. The summed E-state index contributed by atoms with van der Waals surface area (Å²) >= 11 is 25.2. The second-order valence-corrected chi connectivity index (χ2v) is 7.61. The number of nitrogens with zero attached hydrogens (tertiary/aromatic N) is 3. The molecule has 1 N–H and O–H groups in total. The molecule has 10 heteroatoms. The van der Waals surface area contributed by atoms with Crippen LogP contribution in [0.3, 0.4) is 0 Å². The molecule has 0 bridgehead atoms. The molecule has 0 aliphatic carbocycles. The van der Waals surface area contributed by atoms with Gasteiger partial charge in [-0.15, -0.1) is 10.2 Å². The molecule has 2 heterocycles. The van der Waals surface area contributed by atoms with Gasteiger partial charge in [-0.3, -0.25) is 9.20 Å². The van der Waals surface area contributed by atoms with Gasteiger partial charge in [0.25, 0.3) is 0 Å². The second-order valence-electron chi connectivity index (χ2n) is 4.98. The summed E-state index contributed by atoms with van der Waals surface area (Å²) in [6.07, 6.45) is 1.65. The van der Waals surface area contributed by atoms with E-state index in [1.165, 1.54) is 11.8 Å². The van der Waals surface area contributed by atoms with Gasteiger partial charge < -0.3 is 5.32 Å². The zero-order valence-electron chi connectivity index (χ0n) is 12.5. The number of pyridine rings is 1. The fourth-order valence-corrected chi connectivity index (χ4v) is 3.76. The fraction of sp³-hybridized carbons (Fsp3) is 0.133. The van der Waals surface area contributed by atoms with Crippen molar-refractivity contribution < 1.29 is 4.79 Å². The Hall–Kier alpha value is -1.18. The van der Waals surface area contributed by atoms with Crippen LogP contribution in [-0.2, 0) is 11.3 Å². The maximum absolute atomic E-state index is 12.0. The molecule has 0 unspecified atom stereocenters. The largest absolute Gasteiger partial charge is 0.351 e. The molecule has 0 saturated carbocycles. The molecule has 1 amide bonds. The van der Waals surface area contributed by atoms with Gasteiger partial charge in [0.1, 0.15) is 0 Å². The molecule has 0 radical (unpaired) electrons. The lowest BCUT2D eigenvalue weighted by molar-refractivity contribution is -0.118. The zero-order chi connectivity index (χ0) is 18.0. The number of aromatic nitrogens is 3. The van der Waals surface area contributed by atoms with Crippen molar-refractivity contribution in [1.82, 2.24) is 19.9 Å². The number of amides is 1. The number of rotatable bonds is 5. The molecule has 3 rings (SSSR count). The number of carbonyl (C=O) groups excluding carboxylic acids is 1. The van der Waals surface area contributed by atoms with E-state index in [4.69, 9.17) is 46.4 Å². The van der Waals surface area contributed by atoms with Gasteiger partial charge in [-0.05, 0) is 23.8 Å². The molecule has 0 saturated heterocycles. The lowest BCUT2D eigenvalue weighted by Gasteiger charge is -2.07. The van der Waals surface area contributed by atoms with E-state index < -0.39 is 0 Å². The van der Waals surface area contributed by atoms with E-state index in [1.54, 1.807) is 34.9 Å². The lowest BCUT2D eigenvalue weighted by atomic mass is 10.2. The first kappa shape index (κ1) is 18.6. The average Bonchev–Trinajstić information content (AvgIpc) is 2.95. The Bertz CT molecular complexity index is 947. The first-order valence-corrected chi connectivity index (χ1v) is 9.47. The van der Waals surface area contributed by atoms with Gasteiger partial charge in [0.15, 0.2) is 10.8 Å². The molecule has 3 aromatic rings. The van der Waals surface area contributed by atoms with E-state index in [-0.39, 0.29) is 11.7 Å². The maximum Gasteiger partial charge on any atom is 0.230 e. The monoisotopic (exact) mass is 434 g/mol. The molecule has 0 aliphatic heterocycles. The molecule has 0 atom stereocenters. The molecule has 130 valence electrons. The molecule has 2 aromatic heterocycles. The van der Waals surface area contributed by atoms with Crippen molar-refractivity contribution in [3.8, 4) is 0 Å². The molecular formula is C15H10Cl4N4OS. The Morgan fingerprint density at radius 2 is 1.84 bits per heavy atom. The average molecular weight is 436 g/mol. The van der Waals surface area contributed by atoms with Gasteiger partial charge in [-0.2, -0.15) is 0 Å². The Kier molecular flexibility index (Phi) is 5.96. The number of halogens is 4. The highest BCUT2D eigenvalue weighted by molar-refractivity contribution is 7.99. The van der Waals surface area contributed by atoms with E-state index in [9.17, 15) is 4.79 Å². The van der Waals surface area contributed by atoms with Crippen molar-refractivity contribution >= 4 is 69.7 Å². The van der Waals surface area contributed by atoms with Crippen LogP contribution in [0.25, 0.3) is 5.65 Å². The highest BCUT2D eigenvalue weighted by atomic mass is 35.5. The smallest absolute Gasteiger partial charge is 0.230 e. The van der Waals surface area contributed by atoms with Crippen molar-refractivity contribution in [2.45, 2.75) is 11.7 Å². The first-order chi connectivity index (χ1) is 11.9. The number of benzene rings is 1. The van der Waals surface area contributed by atoms with Crippen LogP contribution in [0.4, 0.5) is 0 Å². The summed E-state index contributed by atoms with van der Waals surface area (Å²) in [6, 6.07) is 6.72. The third kappa shape index (κ3) is 4.51. The normalized spacial score (nSPS) is 11.0. The minimum Gasteiger partial charge on any atom is -0.351 e. The Morgan fingerprint density at radius 1 is 1.08 bits per heavy atom. The third-order valence-corrected chi connectivity index (χ3v) is 5.23. The molecule has 0 spiro atoms. The van der Waals surface area contributed by atoms with Crippen LogP contribution in [0.2, 0.25) is 20.1 Å². The van der Waals surface area contributed by atoms with Crippen molar-refractivity contribution in [2.24, 2.45) is 0 Å². The number of carbonyl (C=O) groups is 1. The highest BCUT2D eigenvalue weighted by Gasteiger charge is 2.12. The number of hydrogen-bond donors (Lipinski definition) is 1. The number of thioether (sulfide) groups is 1. The van der Waals surface area contributed by atoms with Crippen molar-refractivity contribution in [3.05, 3.63) is 56.1 Å². The Balaban J connectivity index is 1.61. The minimum absolute atomic E-state index is 0.163. The van der Waals surface area contributed by atoms with E-state index in [1.807, 2.05) is 0 Å². The van der Waals surface area contributed by atoms with Gasteiger partial charge in [0, 0.05) is 22.8 Å². The molecule has 0 fully saturated rings. The van der Waals surface area contributed by atoms with Crippen LogP contribution in [0, 0.1) is 0 Å². The summed E-state index contributed by atoms with van der Waals surface area (Å²) in [5, 5.41) is 13.3. The SMILES string of the molecule is O=C(CSc1nnc2c(Cl)cc(Cl)cn12)NCc1ccc(Cl)cc1Cl. The van der Waals surface area contributed by atoms with Gasteiger partial charge in [-0.25, -0.2) is 0 Å². The number of fused-ring (bicyclic) bond motifs is 1.